The van der Waals surface area contributed by atoms with Crippen molar-refractivity contribution in [3.63, 3.8) is 0 Å². The van der Waals surface area contributed by atoms with Crippen LogP contribution < -0.4 is 10.7 Å². The fourth-order valence-electron chi connectivity index (χ4n) is 1.19. The number of esters is 1. The lowest BCUT2D eigenvalue weighted by Gasteiger charge is -2.03. The number of benzene rings is 1. The van der Waals surface area contributed by atoms with Crippen LogP contribution in [0.2, 0.25) is 0 Å². The van der Waals surface area contributed by atoms with Crippen molar-refractivity contribution in [3.05, 3.63) is 48.0 Å². The summed E-state index contributed by atoms with van der Waals surface area (Å²) in [5, 5.41) is 7.26. The summed E-state index contributed by atoms with van der Waals surface area (Å²) in [6, 6.07) is 6.86. The molecule has 1 rings (SSSR count). The van der Waals surface area contributed by atoms with E-state index in [-0.39, 0.29) is 5.97 Å². The molecule has 0 amide bonds. The molecular formula is C13H15N3O2S. The van der Waals surface area contributed by atoms with Gasteiger partial charge in [0.15, 0.2) is 5.11 Å². The van der Waals surface area contributed by atoms with Crippen molar-refractivity contribution in [1.29, 1.82) is 0 Å². The van der Waals surface area contributed by atoms with Gasteiger partial charge in [-0.25, -0.2) is 4.79 Å². The van der Waals surface area contributed by atoms with Gasteiger partial charge in [-0.3, -0.25) is 5.43 Å². The predicted molar refractivity (Wildman–Crippen MR) is 79.3 cm³/mol. The van der Waals surface area contributed by atoms with E-state index in [1.165, 1.54) is 7.11 Å². The van der Waals surface area contributed by atoms with Gasteiger partial charge in [0.05, 0.1) is 18.9 Å². The van der Waals surface area contributed by atoms with Crippen LogP contribution in [0.4, 0.5) is 0 Å². The highest BCUT2D eigenvalue weighted by molar-refractivity contribution is 7.80. The molecule has 0 radical (unpaired) electrons. The standard InChI is InChI=1S/C13H15N3O2S/c1-3-8-14-13(19)16-15-9-10-4-6-11(7-5-10)12(17)18-2/h3-7,9H,1,8H2,2H3,(H2,14,16,19)/b15-9+. The molecule has 0 aromatic heterocycles. The number of carbonyl (C=O) groups excluding carboxylic acids is 1. The summed E-state index contributed by atoms with van der Waals surface area (Å²) in [7, 11) is 1.35. The van der Waals surface area contributed by atoms with E-state index in [1.54, 1.807) is 36.6 Å². The average Bonchev–Trinajstić information content (AvgIpc) is 2.45. The maximum absolute atomic E-state index is 11.2. The molecule has 100 valence electrons. The van der Waals surface area contributed by atoms with E-state index in [9.17, 15) is 4.79 Å². The number of methoxy groups -OCH3 is 1. The van der Waals surface area contributed by atoms with Crippen molar-refractivity contribution in [2.75, 3.05) is 13.7 Å². The molecule has 19 heavy (non-hydrogen) atoms. The van der Waals surface area contributed by atoms with Crippen LogP contribution in [0.1, 0.15) is 15.9 Å². The SMILES string of the molecule is C=CCNC(=S)N/N=C/c1ccc(C(=O)OC)cc1. The van der Waals surface area contributed by atoms with Gasteiger partial charge < -0.3 is 10.1 Å². The third kappa shape index (κ3) is 5.31. The lowest BCUT2D eigenvalue weighted by atomic mass is 10.1. The Kier molecular flexibility index (Phi) is 6.25. The van der Waals surface area contributed by atoms with E-state index < -0.39 is 0 Å². The van der Waals surface area contributed by atoms with E-state index in [0.717, 1.165) is 5.56 Å². The topological polar surface area (TPSA) is 62.7 Å². The number of hydrogen-bond acceptors (Lipinski definition) is 4. The minimum atomic E-state index is -0.364. The summed E-state index contributed by atoms with van der Waals surface area (Å²) in [6.07, 6.45) is 3.30. The summed E-state index contributed by atoms with van der Waals surface area (Å²) in [4.78, 5) is 11.2. The van der Waals surface area contributed by atoms with Crippen LogP contribution >= 0.6 is 12.2 Å². The lowest BCUT2D eigenvalue weighted by Crippen LogP contribution is -2.31. The molecule has 1 aromatic rings. The molecule has 0 unspecified atom stereocenters. The van der Waals surface area contributed by atoms with Crippen LogP contribution in [0, 0.1) is 0 Å². The first-order valence-electron chi connectivity index (χ1n) is 5.53. The lowest BCUT2D eigenvalue weighted by molar-refractivity contribution is 0.0601. The molecule has 0 aliphatic heterocycles. The first-order chi connectivity index (χ1) is 9.17. The number of hydrazone groups is 1. The monoisotopic (exact) mass is 277 g/mol. The van der Waals surface area contributed by atoms with Gasteiger partial charge in [-0.15, -0.1) is 6.58 Å². The van der Waals surface area contributed by atoms with E-state index in [0.29, 0.717) is 17.2 Å². The van der Waals surface area contributed by atoms with Crippen LogP contribution in [0.15, 0.2) is 42.0 Å². The molecule has 2 N–H and O–H groups in total. The fraction of sp³-hybridized carbons (Fsp3) is 0.154. The maximum atomic E-state index is 11.2. The number of ether oxygens (including phenoxy) is 1. The third-order valence-electron chi connectivity index (χ3n) is 2.12. The number of nitrogens with one attached hydrogen (secondary N) is 2. The fourth-order valence-corrected chi connectivity index (χ4v) is 1.33. The Hall–Kier alpha value is -2.21. The number of rotatable bonds is 5. The molecule has 0 saturated carbocycles. The number of nitrogens with zero attached hydrogens (tertiary/aromatic N) is 1. The van der Waals surface area contributed by atoms with Crippen LogP contribution in [-0.2, 0) is 4.74 Å². The molecule has 5 nitrogen and oxygen atoms in total. The zero-order chi connectivity index (χ0) is 14.1. The molecule has 1 aromatic carbocycles. The molecule has 0 fully saturated rings. The average molecular weight is 277 g/mol. The van der Waals surface area contributed by atoms with E-state index in [2.05, 4.69) is 27.2 Å². The maximum Gasteiger partial charge on any atom is 0.337 e. The molecule has 0 atom stereocenters. The molecule has 0 heterocycles. The van der Waals surface area contributed by atoms with Crippen LogP contribution in [0.3, 0.4) is 0 Å². The quantitative estimate of drug-likeness (QED) is 0.280. The molecule has 0 spiro atoms. The number of thiocarbonyl (C=S) groups is 1. The van der Waals surface area contributed by atoms with Crippen molar-refractivity contribution in [3.8, 4) is 0 Å². The van der Waals surface area contributed by atoms with E-state index in [1.807, 2.05) is 0 Å². The highest BCUT2D eigenvalue weighted by Gasteiger charge is 2.03. The Morgan fingerprint density at radius 2 is 2.16 bits per heavy atom. The number of hydrogen-bond donors (Lipinski definition) is 2. The van der Waals surface area contributed by atoms with Crippen molar-refractivity contribution >= 4 is 29.5 Å². The third-order valence-corrected chi connectivity index (χ3v) is 2.35. The van der Waals surface area contributed by atoms with Crippen molar-refractivity contribution in [2.45, 2.75) is 0 Å². The first-order valence-corrected chi connectivity index (χ1v) is 5.94. The predicted octanol–water partition coefficient (Wildman–Crippen LogP) is 1.46. The normalized spacial score (nSPS) is 9.95. The molecule has 0 saturated heterocycles. The van der Waals surface area contributed by atoms with Gasteiger partial charge in [-0.1, -0.05) is 18.2 Å². The van der Waals surface area contributed by atoms with Gasteiger partial charge in [-0.05, 0) is 29.9 Å². The summed E-state index contributed by atoms with van der Waals surface area (Å²) >= 11 is 4.96. The van der Waals surface area contributed by atoms with Gasteiger partial charge in [0.2, 0.25) is 0 Å². The summed E-state index contributed by atoms with van der Waals surface area (Å²) < 4.78 is 4.61. The van der Waals surface area contributed by atoms with Crippen LogP contribution in [0.25, 0.3) is 0 Å². The van der Waals surface area contributed by atoms with Crippen LogP contribution in [-0.4, -0.2) is 31.0 Å². The summed E-state index contributed by atoms with van der Waals surface area (Å²) in [5.74, 6) is -0.364. The molecular weight excluding hydrogens is 262 g/mol. The van der Waals surface area contributed by atoms with Gasteiger partial charge >= 0.3 is 5.97 Å². The number of carbonyl (C=O) groups is 1. The largest absolute Gasteiger partial charge is 0.465 e. The zero-order valence-corrected chi connectivity index (χ0v) is 11.4. The van der Waals surface area contributed by atoms with E-state index in [4.69, 9.17) is 12.2 Å². The molecule has 0 aliphatic carbocycles. The Labute approximate surface area is 117 Å². The van der Waals surface area contributed by atoms with Gasteiger partial charge in [0.1, 0.15) is 0 Å². The smallest absolute Gasteiger partial charge is 0.337 e. The van der Waals surface area contributed by atoms with Crippen LogP contribution in [0.5, 0.6) is 0 Å². The van der Waals surface area contributed by atoms with Crippen molar-refractivity contribution < 1.29 is 9.53 Å². The highest BCUT2D eigenvalue weighted by atomic mass is 32.1. The first kappa shape index (κ1) is 14.8. The van der Waals surface area contributed by atoms with Gasteiger partial charge in [0.25, 0.3) is 0 Å². The minimum absolute atomic E-state index is 0.364. The second-order valence-electron chi connectivity index (χ2n) is 3.48. The second-order valence-corrected chi connectivity index (χ2v) is 3.89. The van der Waals surface area contributed by atoms with Gasteiger partial charge in [0, 0.05) is 6.54 Å². The summed E-state index contributed by atoms with van der Waals surface area (Å²) in [5.41, 5.74) is 4.00. The van der Waals surface area contributed by atoms with E-state index >= 15 is 0 Å². The second kappa shape index (κ2) is 7.99. The molecule has 0 bridgehead atoms. The minimum Gasteiger partial charge on any atom is -0.465 e. The Bertz CT molecular complexity index is 483. The summed E-state index contributed by atoms with van der Waals surface area (Å²) in [6.45, 7) is 4.14. The van der Waals surface area contributed by atoms with Crippen molar-refractivity contribution in [2.24, 2.45) is 5.10 Å². The molecule has 6 heteroatoms. The molecule has 0 aliphatic rings. The van der Waals surface area contributed by atoms with Gasteiger partial charge in [-0.2, -0.15) is 5.10 Å². The highest BCUT2D eigenvalue weighted by Crippen LogP contribution is 2.03. The Morgan fingerprint density at radius 3 is 2.74 bits per heavy atom. The Morgan fingerprint density at radius 1 is 1.47 bits per heavy atom. The zero-order valence-electron chi connectivity index (χ0n) is 10.6. The van der Waals surface area contributed by atoms with Crippen molar-refractivity contribution in [1.82, 2.24) is 10.7 Å². The Balaban J connectivity index is 2.51.